The topological polar surface area (TPSA) is 47.6 Å². The molecule has 0 amide bonds. The molecule has 0 spiro atoms. The van der Waals surface area contributed by atoms with Crippen molar-refractivity contribution in [3.8, 4) is 12.1 Å². The highest BCUT2D eigenvalue weighted by molar-refractivity contribution is 5.40. The Kier molecular flexibility index (Phi) is 6.72. The lowest BCUT2D eigenvalue weighted by atomic mass is 10.0. The number of hydrogen-bond donors (Lipinski definition) is 0. The van der Waals surface area contributed by atoms with E-state index in [-0.39, 0.29) is 0 Å². The maximum atomic E-state index is 8.69. The Balaban J connectivity index is 0.000000211. The Morgan fingerprint density at radius 3 is 1.90 bits per heavy atom. The van der Waals surface area contributed by atoms with Gasteiger partial charge in [-0.25, -0.2) is 0 Å². The third-order valence-corrected chi connectivity index (χ3v) is 3.28. The molecule has 2 rings (SSSR count). The van der Waals surface area contributed by atoms with Crippen LogP contribution >= 0.6 is 0 Å². The van der Waals surface area contributed by atoms with Gasteiger partial charge >= 0.3 is 0 Å². The van der Waals surface area contributed by atoms with Crippen LogP contribution in [0.1, 0.15) is 41.7 Å². The molecule has 2 heteroatoms. The van der Waals surface area contributed by atoms with Crippen molar-refractivity contribution in [1.29, 1.82) is 10.5 Å². The molecule has 0 atom stereocenters. The first-order chi connectivity index (χ1) is 10.2. The van der Waals surface area contributed by atoms with Crippen LogP contribution in [0.4, 0.5) is 0 Å². The molecule has 0 fully saturated rings. The van der Waals surface area contributed by atoms with Gasteiger partial charge in [0.2, 0.25) is 0 Å². The molecule has 0 saturated carbocycles. The highest BCUT2D eigenvalue weighted by atomic mass is 14.2. The van der Waals surface area contributed by atoms with Crippen LogP contribution in [-0.2, 0) is 12.8 Å². The second-order valence-electron chi connectivity index (χ2n) is 4.75. The van der Waals surface area contributed by atoms with Gasteiger partial charge in [-0.3, -0.25) is 0 Å². The Labute approximate surface area is 127 Å². The molecule has 2 aromatic rings. The van der Waals surface area contributed by atoms with Gasteiger partial charge in [0.1, 0.15) is 0 Å². The first kappa shape index (κ1) is 16.5. The van der Waals surface area contributed by atoms with Crippen LogP contribution in [0.5, 0.6) is 0 Å². The predicted molar refractivity (Wildman–Crippen MR) is 85.8 cm³/mol. The summed E-state index contributed by atoms with van der Waals surface area (Å²) in [7, 11) is 0. The van der Waals surface area contributed by atoms with Crippen molar-refractivity contribution in [2.75, 3.05) is 0 Å². The summed E-state index contributed by atoms with van der Waals surface area (Å²) in [6.07, 6.45) is 1.87. The van der Waals surface area contributed by atoms with Crippen molar-refractivity contribution in [2.24, 2.45) is 0 Å². The lowest BCUT2D eigenvalue weighted by Gasteiger charge is -2.00. The molecule has 0 saturated heterocycles. The predicted octanol–water partition coefficient (Wildman–Crippen LogP) is 4.55. The standard InChI is InChI=1S/C10H11N.C9H9N/c1-3-9-6-8(2)4-5-10(9)7-11;1-2-8-5-3-4-6-9(8)7-10/h4-6H,3H2,1-2H3;3-6H,2H2,1H3. The average Bonchev–Trinajstić information content (AvgIpc) is 2.55. The van der Waals surface area contributed by atoms with E-state index in [4.69, 9.17) is 10.5 Å². The van der Waals surface area contributed by atoms with Crippen LogP contribution in [0, 0.1) is 29.6 Å². The van der Waals surface area contributed by atoms with Gasteiger partial charge in [-0.15, -0.1) is 0 Å². The molecule has 0 aliphatic heterocycles. The van der Waals surface area contributed by atoms with Crippen molar-refractivity contribution in [2.45, 2.75) is 33.6 Å². The minimum absolute atomic E-state index is 0.796. The molecule has 0 bridgehead atoms. The van der Waals surface area contributed by atoms with E-state index in [9.17, 15) is 0 Å². The monoisotopic (exact) mass is 276 g/mol. The Morgan fingerprint density at radius 2 is 1.38 bits per heavy atom. The van der Waals surface area contributed by atoms with Crippen molar-refractivity contribution in [1.82, 2.24) is 0 Å². The number of hydrogen-bond acceptors (Lipinski definition) is 2. The lowest BCUT2D eigenvalue weighted by molar-refractivity contribution is 1.12. The molecule has 106 valence electrons. The van der Waals surface area contributed by atoms with Crippen molar-refractivity contribution >= 4 is 0 Å². The molecule has 0 N–H and O–H groups in total. The van der Waals surface area contributed by atoms with Crippen LogP contribution in [0.2, 0.25) is 0 Å². The van der Waals surface area contributed by atoms with Crippen LogP contribution in [0.3, 0.4) is 0 Å². The summed E-state index contributed by atoms with van der Waals surface area (Å²) in [5.74, 6) is 0. The largest absolute Gasteiger partial charge is 0.192 e. The van der Waals surface area contributed by atoms with Gasteiger partial charge in [-0.05, 0) is 43.0 Å². The normalized spacial score (nSPS) is 9.00. The van der Waals surface area contributed by atoms with Crippen LogP contribution < -0.4 is 0 Å². The Morgan fingerprint density at radius 1 is 0.810 bits per heavy atom. The molecule has 2 aromatic carbocycles. The van der Waals surface area contributed by atoms with E-state index < -0.39 is 0 Å². The highest BCUT2D eigenvalue weighted by Gasteiger charge is 1.98. The molecular weight excluding hydrogens is 256 g/mol. The quantitative estimate of drug-likeness (QED) is 0.807. The average molecular weight is 276 g/mol. The van der Waals surface area contributed by atoms with Gasteiger partial charge in [0, 0.05) is 0 Å². The van der Waals surface area contributed by atoms with Gasteiger partial charge in [0.15, 0.2) is 0 Å². The summed E-state index contributed by atoms with van der Waals surface area (Å²) in [6.45, 7) is 6.16. The number of nitrogens with zero attached hydrogens (tertiary/aromatic N) is 2. The number of nitriles is 2. The Hall–Kier alpha value is -2.58. The van der Waals surface area contributed by atoms with Crippen LogP contribution in [-0.4, -0.2) is 0 Å². The second kappa shape index (κ2) is 8.56. The summed E-state index contributed by atoms with van der Waals surface area (Å²) in [6, 6.07) is 17.9. The lowest BCUT2D eigenvalue weighted by Crippen LogP contribution is -1.87. The fourth-order valence-corrected chi connectivity index (χ4v) is 2.06. The van der Waals surface area contributed by atoms with Gasteiger partial charge in [0.25, 0.3) is 0 Å². The molecule has 0 aliphatic carbocycles. The van der Waals surface area contributed by atoms with Crippen LogP contribution in [0.15, 0.2) is 42.5 Å². The minimum atomic E-state index is 0.796. The van der Waals surface area contributed by atoms with E-state index in [1.54, 1.807) is 0 Å². The minimum Gasteiger partial charge on any atom is -0.192 e. The van der Waals surface area contributed by atoms with E-state index in [1.807, 2.05) is 43.3 Å². The number of aryl methyl sites for hydroxylation is 3. The zero-order valence-electron chi connectivity index (χ0n) is 12.9. The molecular formula is C19H20N2. The van der Waals surface area contributed by atoms with Gasteiger partial charge in [0.05, 0.1) is 23.3 Å². The molecule has 21 heavy (non-hydrogen) atoms. The first-order valence-electron chi connectivity index (χ1n) is 7.13. The summed E-state index contributed by atoms with van der Waals surface area (Å²) in [4.78, 5) is 0. The third kappa shape index (κ3) is 4.79. The summed E-state index contributed by atoms with van der Waals surface area (Å²) < 4.78 is 0. The zero-order chi connectivity index (χ0) is 15.7. The summed E-state index contributed by atoms with van der Waals surface area (Å²) in [5.41, 5.74) is 5.10. The van der Waals surface area contributed by atoms with E-state index in [0.717, 1.165) is 35.1 Å². The fourth-order valence-electron chi connectivity index (χ4n) is 2.06. The maximum absolute atomic E-state index is 8.69. The van der Waals surface area contributed by atoms with E-state index >= 15 is 0 Å². The first-order valence-corrected chi connectivity index (χ1v) is 7.13. The molecule has 0 aromatic heterocycles. The molecule has 0 heterocycles. The van der Waals surface area contributed by atoms with Gasteiger partial charge < -0.3 is 0 Å². The maximum Gasteiger partial charge on any atom is 0.0994 e. The summed E-state index contributed by atoms with van der Waals surface area (Å²) >= 11 is 0. The second-order valence-corrected chi connectivity index (χ2v) is 4.75. The third-order valence-electron chi connectivity index (χ3n) is 3.28. The van der Waals surface area contributed by atoms with Gasteiger partial charge in [-0.1, -0.05) is 49.7 Å². The van der Waals surface area contributed by atoms with E-state index in [1.165, 1.54) is 5.56 Å². The highest BCUT2D eigenvalue weighted by Crippen LogP contribution is 2.10. The number of benzene rings is 2. The van der Waals surface area contributed by atoms with Crippen molar-refractivity contribution < 1.29 is 0 Å². The van der Waals surface area contributed by atoms with E-state index in [0.29, 0.717) is 0 Å². The molecule has 0 radical (unpaired) electrons. The Bertz CT molecular complexity index is 673. The number of rotatable bonds is 2. The fraction of sp³-hybridized carbons (Fsp3) is 0.263. The van der Waals surface area contributed by atoms with Crippen LogP contribution in [0.25, 0.3) is 0 Å². The zero-order valence-corrected chi connectivity index (χ0v) is 12.9. The van der Waals surface area contributed by atoms with Crippen molar-refractivity contribution in [3.05, 3.63) is 70.3 Å². The molecule has 2 nitrogen and oxygen atoms in total. The smallest absolute Gasteiger partial charge is 0.0994 e. The van der Waals surface area contributed by atoms with Gasteiger partial charge in [-0.2, -0.15) is 10.5 Å². The summed E-state index contributed by atoms with van der Waals surface area (Å²) in [5, 5.41) is 17.3. The van der Waals surface area contributed by atoms with E-state index in [2.05, 4.69) is 32.1 Å². The molecule has 0 aliphatic rings. The van der Waals surface area contributed by atoms with Crippen molar-refractivity contribution in [3.63, 3.8) is 0 Å². The SMILES string of the molecule is CCc1cc(C)ccc1C#N.CCc1ccccc1C#N. The molecule has 0 unspecified atom stereocenters.